The van der Waals surface area contributed by atoms with Crippen molar-refractivity contribution in [2.75, 3.05) is 45.8 Å². The fourth-order valence-electron chi connectivity index (χ4n) is 8.59. The molecule has 9 nitrogen and oxygen atoms in total. The van der Waals surface area contributed by atoms with Crippen molar-refractivity contribution >= 4 is 40.5 Å². The summed E-state index contributed by atoms with van der Waals surface area (Å²) in [5.41, 5.74) is 8.39. The molecule has 1 aromatic carbocycles. The molecule has 5 aliphatic carbocycles. The predicted molar refractivity (Wildman–Crippen MR) is 201 cm³/mol. The number of ketones is 1. The highest BCUT2D eigenvalue weighted by Gasteiger charge is 2.57. The summed E-state index contributed by atoms with van der Waals surface area (Å²) in [5, 5.41) is 7.75. The minimum absolute atomic E-state index is 0.0738. The van der Waals surface area contributed by atoms with Crippen molar-refractivity contribution in [3.8, 4) is 0 Å². The zero-order chi connectivity index (χ0) is 36.6. The number of ether oxygens (including phenoxy) is 1. The molecular formula is C41H51ClN4O5. The number of halogens is 1. The van der Waals surface area contributed by atoms with E-state index in [9.17, 15) is 14.4 Å². The molecule has 272 valence electrons. The second kappa shape index (κ2) is 15.0. The van der Waals surface area contributed by atoms with Crippen molar-refractivity contribution in [2.24, 2.45) is 29.1 Å². The lowest BCUT2D eigenvalue weighted by atomic mass is 9.45. The Morgan fingerprint density at radius 2 is 1.96 bits per heavy atom. The largest absolute Gasteiger partial charge is 0.495 e. The van der Waals surface area contributed by atoms with Gasteiger partial charge in [0.2, 0.25) is 5.91 Å². The van der Waals surface area contributed by atoms with Crippen LogP contribution in [0.15, 0.2) is 77.3 Å². The fraction of sp³-hybridized carbons (Fsp3) is 0.512. The van der Waals surface area contributed by atoms with E-state index < -0.39 is 12.0 Å². The summed E-state index contributed by atoms with van der Waals surface area (Å²) in [6.07, 6.45) is 14.2. The van der Waals surface area contributed by atoms with Gasteiger partial charge in [0.1, 0.15) is 17.6 Å². The molecule has 2 N–H and O–H groups in total. The number of benzene rings is 1. The molecule has 2 amide bonds. The van der Waals surface area contributed by atoms with Gasteiger partial charge >= 0.3 is 0 Å². The molecule has 1 aliphatic heterocycles. The first-order chi connectivity index (χ1) is 24.3. The van der Waals surface area contributed by atoms with Gasteiger partial charge in [-0.3, -0.25) is 19.2 Å². The van der Waals surface area contributed by atoms with E-state index >= 15 is 0 Å². The number of nitrogens with one attached hydrogen (secondary N) is 2. The maximum Gasteiger partial charge on any atom is 0.251 e. The van der Waals surface area contributed by atoms with Crippen LogP contribution in [0.5, 0.6) is 0 Å². The Bertz CT molecular complexity index is 1770. The average molecular weight is 715 g/mol. The van der Waals surface area contributed by atoms with E-state index in [2.05, 4.69) is 37.1 Å². The summed E-state index contributed by atoms with van der Waals surface area (Å²) >= 11 is 6.38. The first kappa shape index (κ1) is 36.9. The molecule has 10 heteroatoms. The molecule has 3 saturated carbocycles. The average Bonchev–Trinajstić information content (AvgIpc) is 3.53. The van der Waals surface area contributed by atoms with Crippen LogP contribution in [0.3, 0.4) is 0 Å². The summed E-state index contributed by atoms with van der Waals surface area (Å²) in [7, 11) is 5.49. The Balaban J connectivity index is 1.22. The number of hydroxylamine groups is 2. The number of nitrogens with zero attached hydrogens (tertiary/aromatic N) is 2. The lowest BCUT2D eigenvalue weighted by Gasteiger charge is -2.62. The van der Waals surface area contributed by atoms with E-state index in [1.807, 2.05) is 73.7 Å². The lowest BCUT2D eigenvalue weighted by Crippen LogP contribution is -2.62. The van der Waals surface area contributed by atoms with Crippen LogP contribution in [0.1, 0.15) is 62.9 Å². The molecule has 0 radical (unpaired) electrons. The van der Waals surface area contributed by atoms with Gasteiger partial charge in [-0.05, 0) is 78.3 Å². The number of carbonyl (C=O) groups is 3. The Kier molecular flexibility index (Phi) is 10.9. The molecular weight excluding hydrogens is 664 g/mol. The van der Waals surface area contributed by atoms with Crippen LogP contribution < -0.4 is 15.5 Å². The minimum Gasteiger partial charge on any atom is -0.495 e. The predicted octanol–water partition coefficient (Wildman–Crippen LogP) is 5.99. The Hall–Kier alpha value is -3.88. The maximum absolute atomic E-state index is 14.0. The third-order valence-electron chi connectivity index (χ3n) is 11.9. The van der Waals surface area contributed by atoms with Gasteiger partial charge in [-0.15, -0.1) is 17.3 Å². The van der Waals surface area contributed by atoms with Crippen LogP contribution in [-0.2, 0) is 19.2 Å². The van der Waals surface area contributed by atoms with Crippen molar-refractivity contribution < 1.29 is 24.0 Å². The Morgan fingerprint density at radius 1 is 1.18 bits per heavy atom. The smallest absolute Gasteiger partial charge is 0.251 e. The number of carbonyl (C=O) groups excluding carboxylic acids is 3. The third-order valence-corrected chi connectivity index (χ3v) is 12.3. The highest BCUT2D eigenvalue weighted by molar-refractivity contribution is 6.24. The van der Waals surface area contributed by atoms with Crippen LogP contribution in [0, 0.1) is 29.1 Å². The van der Waals surface area contributed by atoms with E-state index in [1.54, 1.807) is 12.2 Å². The normalized spacial score (nSPS) is 30.2. The Labute approximate surface area is 307 Å². The molecule has 4 fully saturated rings. The van der Waals surface area contributed by atoms with Crippen LogP contribution in [0.25, 0.3) is 5.57 Å². The molecule has 7 atom stereocenters. The van der Waals surface area contributed by atoms with Crippen molar-refractivity contribution in [1.82, 2.24) is 15.7 Å². The number of fused-ring (bicyclic) bond motifs is 2. The SMILES string of the molecule is COC1=C(c2cc(C(=O)NC/C=C3/C=CC=CC3Cl)cc(N(C)C)c2)CC=C=C1CN1OC[C@@H](C(C)=O)[C@H]1C(=O)N[C@H]1C[C@H]2C[C@@H](C1C)C2(C)C. The number of anilines is 1. The van der Waals surface area contributed by atoms with Gasteiger partial charge in [0.15, 0.2) is 0 Å². The van der Waals surface area contributed by atoms with E-state index in [0.717, 1.165) is 28.8 Å². The van der Waals surface area contributed by atoms with Crippen molar-refractivity contribution in [3.63, 3.8) is 0 Å². The maximum atomic E-state index is 14.0. The van der Waals surface area contributed by atoms with Crippen molar-refractivity contribution in [2.45, 2.75) is 64.4 Å². The molecule has 51 heavy (non-hydrogen) atoms. The number of hydrogen-bond acceptors (Lipinski definition) is 7. The molecule has 1 aromatic rings. The zero-order valence-electron chi connectivity index (χ0n) is 30.8. The minimum atomic E-state index is -0.768. The molecule has 0 aromatic heterocycles. The fourth-order valence-corrected chi connectivity index (χ4v) is 8.84. The lowest BCUT2D eigenvalue weighted by molar-refractivity contribution is -0.155. The number of methoxy groups -OCH3 is 1. The first-order valence-corrected chi connectivity index (χ1v) is 18.5. The van der Waals surface area contributed by atoms with E-state index in [-0.39, 0.29) is 42.2 Å². The van der Waals surface area contributed by atoms with E-state index in [4.69, 9.17) is 21.2 Å². The number of alkyl halides is 1. The number of amides is 2. The molecule has 0 spiro atoms. The van der Waals surface area contributed by atoms with Gasteiger partial charge in [0.25, 0.3) is 5.91 Å². The number of rotatable bonds is 11. The number of Topliss-reactive ketones (excluding diaryl/α,β-unsaturated/α-hetero) is 1. The molecule has 1 saturated heterocycles. The van der Waals surface area contributed by atoms with Crippen LogP contribution in [0.2, 0.25) is 0 Å². The van der Waals surface area contributed by atoms with Crippen LogP contribution in [0.4, 0.5) is 5.69 Å². The monoisotopic (exact) mass is 714 g/mol. The van der Waals surface area contributed by atoms with Gasteiger partial charge < -0.3 is 20.3 Å². The van der Waals surface area contributed by atoms with Gasteiger partial charge in [0, 0.05) is 49.9 Å². The summed E-state index contributed by atoms with van der Waals surface area (Å²) in [5.74, 6) is 1.11. The number of hydrogen-bond donors (Lipinski definition) is 2. The van der Waals surface area contributed by atoms with Crippen molar-refractivity contribution in [1.29, 1.82) is 0 Å². The van der Waals surface area contributed by atoms with Gasteiger partial charge in [-0.25, -0.2) is 0 Å². The molecule has 2 unspecified atom stereocenters. The van der Waals surface area contributed by atoms with Crippen LogP contribution in [-0.4, -0.2) is 81.0 Å². The molecule has 6 aliphatic rings. The summed E-state index contributed by atoms with van der Waals surface area (Å²) < 4.78 is 6.03. The Morgan fingerprint density at radius 3 is 2.63 bits per heavy atom. The topological polar surface area (TPSA) is 100 Å². The van der Waals surface area contributed by atoms with Crippen molar-refractivity contribution in [3.05, 3.63) is 88.4 Å². The van der Waals surface area contributed by atoms with E-state index in [1.165, 1.54) is 13.3 Å². The zero-order valence-corrected chi connectivity index (χ0v) is 31.5. The third kappa shape index (κ3) is 7.40. The second-order valence-corrected chi connectivity index (χ2v) is 15.8. The summed E-state index contributed by atoms with van der Waals surface area (Å²) in [6.45, 7) is 9.13. The second-order valence-electron chi connectivity index (χ2n) is 15.4. The number of allylic oxidation sites excluding steroid dienone is 6. The van der Waals surface area contributed by atoms with Gasteiger partial charge in [-0.2, -0.15) is 5.06 Å². The standard InChI is InChI=1S/C41H51ClN4O5/c1-24-34-20-30(41(34,3)4)21-36(24)44-40(49)37-33(25(2)47)23-51-46(37)22-27-12-10-13-32(38(27)50-7)28-17-29(19-31(18-28)45(5)6)39(48)43-16-15-26-11-8-9-14-35(26)42/h8-11,14-15,17-19,24,30,33-37H,13,16,20-23H2,1-7H3,(H,43,48)(H,44,49)/b26-15-/t24?,30-,33+,34+,35?,36+,37+/m1/s1. The first-order valence-electron chi connectivity index (χ1n) is 18.0. The quantitative estimate of drug-likeness (QED) is 0.215. The van der Waals surface area contributed by atoms with Crippen LogP contribution >= 0.6 is 11.6 Å². The highest BCUT2D eigenvalue weighted by Crippen LogP contribution is 2.61. The highest BCUT2D eigenvalue weighted by atomic mass is 35.5. The summed E-state index contributed by atoms with van der Waals surface area (Å²) in [4.78, 5) is 48.3. The van der Waals surface area contributed by atoms with E-state index in [0.29, 0.717) is 53.0 Å². The molecule has 7 rings (SSSR count). The van der Waals surface area contributed by atoms with Gasteiger partial charge in [-0.1, -0.05) is 51.2 Å². The summed E-state index contributed by atoms with van der Waals surface area (Å²) in [6, 6.07) is 5.08. The molecule has 1 heterocycles. The van der Waals surface area contributed by atoms with Gasteiger partial charge in [0.05, 0.1) is 37.1 Å². The molecule has 2 bridgehead atoms.